The average Bonchev–Trinajstić information content (AvgIpc) is 3.48. The highest BCUT2D eigenvalue weighted by molar-refractivity contribution is 7.95. The Balaban J connectivity index is 1.40. The molecule has 1 aliphatic rings. The second-order valence-electron chi connectivity index (χ2n) is 8.78. The highest BCUT2D eigenvalue weighted by Crippen LogP contribution is 2.32. The molecule has 0 spiro atoms. The van der Waals surface area contributed by atoms with E-state index in [1.165, 1.54) is 17.0 Å². The number of hydrogen-bond acceptors (Lipinski definition) is 3. The first-order valence-corrected chi connectivity index (χ1v) is 13.2. The SMILES string of the molecule is C[S+](C)c1cccc(-c2cnn3cc(-c4ccc(C(F)(F)CN5CCCC5)cc4)cnc23)c1. The van der Waals surface area contributed by atoms with Crippen LogP contribution in [0.4, 0.5) is 8.78 Å². The fourth-order valence-electron chi connectivity index (χ4n) is 4.36. The summed E-state index contributed by atoms with van der Waals surface area (Å²) in [6.45, 7) is 1.30. The van der Waals surface area contributed by atoms with Crippen LogP contribution in [0.3, 0.4) is 0 Å². The van der Waals surface area contributed by atoms with Crippen molar-refractivity contribution in [1.82, 2.24) is 19.5 Å². The van der Waals surface area contributed by atoms with Crippen molar-refractivity contribution in [2.45, 2.75) is 23.7 Å². The Morgan fingerprint density at radius 1 is 0.939 bits per heavy atom. The standard InChI is InChI=1S/C26H27F2N4S/c1-33(2)23-7-5-6-20(14-23)24-16-30-32-17-21(15-29-25(24)32)19-8-10-22(11-9-19)26(27,28)18-31-12-3-4-13-31/h5-11,14-17H,3-4,12-13,18H2,1-2H3/q+1. The first-order chi connectivity index (χ1) is 15.9. The number of hydrogen-bond donors (Lipinski definition) is 0. The summed E-state index contributed by atoms with van der Waals surface area (Å²) in [4.78, 5) is 7.80. The van der Waals surface area contributed by atoms with Gasteiger partial charge >= 0.3 is 0 Å². The minimum Gasteiger partial charge on any atom is -0.297 e. The van der Waals surface area contributed by atoms with Crippen LogP contribution in [0, 0.1) is 0 Å². The summed E-state index contributed by atoms with van der Waals surface area (Å²) in [5.41, 5.74) is 4.57. The lowest BCUT2D eigenvalue weighted by atomic mass is 10.0. The zero-order valence-electron chi connectivity index (χ0n) is 18.8. The van der Waals surface area contributed by atoms with Gasteiger partial charge in [-0.15, -0.1) is 0 Å². The normalized spacial score (nSPS) is 15.1. The second kappa shape index (κ2) is 8.88. The van der Waals surface area contributed by atoms with Crippen LogP contribution in [0.2, 0.25) is 0 Å². The predicted octanol–water partition coefficient (Wildman–Crippen LogP) is 5.49. The summed E-state index contributed by atoms with van der Waals surface area (Å²) in [5, 5.41) is 4.50. The molecule has 0 radical (unpaired) electrons. The van der Waals surface area contributed by atoms with Gasteiger partial charge in [0.1, 0.15) is 12.5 Å². The Bertz CT molecular complexity index is 1260. The van der Waals surface area contributed by atoms with E-state index in [0.29, 0.717) is 0 Å². The first-order valence-electron chi connectivity index (χ1n) is 11.1. The molecule has 0 N–H and O–H groups in total. The minimum absolute atomic E-state index is 0.0549. The summed E-state index contributed by atoms with van der Waals surface area (Å²) >= 11 is 0. The van der Waals surface area contributed by atoms with Gasteiger partial charge in [-0.2, -0.15) is 13.9 Å². The first kappa shape index (κ1) is 22.0. The van der Waals surface area contributed by atoms with E-state index >= 15 is 0 Å². The van der Waals surface area contributed by atoms with Crippen LogP contribution in [0.25, 0.3) is 27.9 Å². The van der Waals surface area contributed by atoms with Crippen molar-refractivity contribution in [3.63, 3.8) is 0 Å². The lowest BCUT2D eigenvalue weighted by Gasteiger charge is -2.23. The van der Waals surface area contributed by atoms with Crippen molar-refractivity contribution < 1.29 is 8.78 Å². The second-order valence-corrected chi connectivity index (χ2v) is 10.9. The molecule has 4 aromatic rings. The number of likely N-dealkylation sites (tertiary alicyclic amines) is 1. The van der Waals surface area contributed by atoms with Crippen LogP contribution in [-0.2, 0) is 16.8 Å². The van der Waals surface area contributed by atoms with Gasteiger partial charge in [0.2, 0.25) is 0 Å². The van der Waals surface area contributed by atoms with Gasteiger partial charge in [0.05, 0.1) is 12.7 Å². The number of nitrogens with zero attached hydrogens (tertiary/aromatic N) is 4. The molecule has 2 aromatic heterocycles. The molecule has 1 aliphatic heterocycles. The number of halogens is 2. The molecule has 1 fully saturated rings. The van der Waals surface area contributed by atoms with Crippen LogP contribution in [0.5, 0.6) is 0 Å². The van der Waals surface area contributed by atoms with Gasteiger partial charge in [-0.25, -0.2) is 9.50 Å². The molecule has 4 nitrogen and oxygen atoms in total. The maximum atomic E-state index is 14.7. The van der Waals surface area contributed by atoms with E-state index in [-0.39, 0.29) is 23.0 Å². The lowest BCUT2D eigenvalue weighted by Crippen LogP contribution is -2.33. The summed E-state index contributed by atoms with van der Waals surface area (Å²) in [6.07, 6.45) is 11.9. The van der Waals surface area contributed by atoms with Crippen LogP contribution in [-0.4, -0.2) is 51.6 Å². The van der Waals surface area contributed by atoms with Gasteiger partial charge < -0.3 is 0 Å². The molecule has 0 unspecified atom stereocenters. The average molecular weight is 466 g/mol. The van der Waals surface area contributed by atoms with Gasteiger partial charge in [-0.05, 0) is 43.1 Å². The third kappa shape index (κ3) is 4.52. The van der Waals surface area contributed by atoms with Crippen LogP contribution >= 0.6 is 0 Å². The van der Waals surface area contributed by atoms with Crippen LogP contribution < -0.4 is 0 Å². The molecule has 5 rings (SSSR count). The predicted molar refractivity (Wildman–Crippen MR) is 131 cm³/mol. The van der Waals surface area contributed by atoms with Crippen molar-refractivity contribution >= 4 is 16.5 Å². The molecule has 3 heterocycles. The molecule has 0 saturated carbocycles. The summed E-state index contributed by atoms with van der Waals surface area (Å²) in [5.74, 6) is -2.85. The number of alkyl halides is 2. The Hall–Kier alpha value is -2.77. The van der Waals surface area contributed by atoms with E-state index in [0.717, 1.165) is 53.8 Å². The van der Waals surface area contributed by atoms with Gasteiger partial charge in [0, 0.05) is 46.0 Å². The van der Waals surface area contributed by atoms with Gasteiger partial charge in [0.25, 0.3) is 5.92 Å². The maximum absolute atomic E-state index is 14.7. The summed E-state index contributed by atoms with van der Waals surface area (Å²) in [7, 11) is 0.173. The highest BCUT2D eigenvalue weighted by Gasteiger charge is 2.34. The highest BCUT2D eigenvalue weighted by atomic mass is 32.2. The molecule has 2 aromatic carbocycles. The Kier molecular flexibility index (Phi) is 5.93. The fraction of sp³-hybridized carbons (Fsp3) is 0.308. The molecule has 0 bridgehead atoms. The van der Waals surface area contributed by atoms with Crippen molar-refractivity contribution in [2.75, 3.05) is 32.1 Å². The maximum Gasteiger partial charge on any atom is 0.285 e. The molecular formula is C26H27F2N4S+. The molecule has 7 heteroatoms. The number of fused-ring (bicyclic) bond motifs is 1. The van der Waals surface area contributed by atoms with E-state index in [4.69, 9.17) is 0 Å². The van der Waals surface area contributed by atoms with E-state index in [1.54, 1.807) is 22.8 Å². The van der Waals surface area contributed by atoms with E-state index in [9.17, 15) is 8.78 Å². The lowest BCUT2D eigenvalue weighted by molar-refractivity contribution is -0.0327. The Labute approximate surface area is 195 Å². The van der Waals surface area contributed by atoms with Crippen LogP contribution in [0.15, 0.2) is 72.0 Å². The van der Waals surface area contributed by atoms with Crippen molar-refractivity contribution in [3.8, 4) is 22.3 Å². The van der Waals surface area contributed by atoms with E-state index in [2.05, 4.69) is 46.9 Å². The van der Waals surface area contributed by atoms with Gasteiger partial charge in [-0.1, -0.05) is 36.4 Å². The molecular weight excluding hydrogens is 438 g/mol. The quantitative estimate of drug-likeness (QED) is 0.353. The Morgan fingerprint density at radius 3 is 2.42 bits per heavy atom. The van der Waals surface area contributed by atoms with Crippen LogP contribution in [0.1, 0.15) is 18.4 Å². The van der Waals surface area contributed by atoms with Crippen molar-refractivity contribution in [3.05, 3.63) is 72.7 Å². The third-order valence-corrected chi connectivity index (χ3v) is 7.43. The zero-order chi connectivity index (χ0) is 23.0. The van der Waals surface area contributed by atoms with Gasteiger partial charge in [-0.3, -0.25) is 4.90 Å². The molecule has 0 aliphatic carbocycles. The smallest absolute Gasteiger partial charge is 0.285 e. The minimum atomic E-state index is -2.85. The molecule has 0 amide bonds. The number of benzene rings is 2. The van der Waals surface area contributed by atoms with E-state index < -0.39 is 5.92 Å². The molecule has 170 valence electrons. The topological polar surface area (TPSA) is 33.4 Å². The molecule has 0 atom stereocenters. The van der Waals surface area contributed by atoms with Crippen molar-refractivity contribution in [1.29, 1.82) is 0 Å². The Morgan fingerprint density at radius 2 is 1.70 bits per heavy atom. The monoisotopic (exact) mass is 465 g/mol. The largest absolute Gasteiger partial charge is 0.297 e. The molecule has 33 heavy (non-hydrogen) atoms. The number of rotatable bonds is 6. The number of aromatic nitrogens is 3. The molecule has 1 saturated heterocycles. The third-order valence-electron chi connectivity index (χ3n) is 6.23. The zero-order valence-corrected chi connectivity index (χ0v) is 19.7. The van der Waals surface area contributed by atoms with Gasteiger partial charge in [0.15, 0.2) is 10.5 Å². The van der Waals surface area contributed by atoms with E-state index in [1.807, 2.05) is 17.3 Å². The van der Waals surface area contributed by atoms with Crippen molar-refractivity contribution in [2.24, 2.45) is 0 Å². The fourth-order valence-corrected chi connectivity index (χ4v) is 5.08. The summed E-state index contributed by atoms with van der Waals surface area (Å²) in [6, 6.07) is 15.0. The summed E-state index contributed by atoms with van der Waals surface area (Å²) < 4.78 is 31.2.